The summed E-state index contributed by atoms with van der Waals surface area (Å²) in [5.74, 6) is 0.765. The molecule has 1 rings (SSSR count). The Kier molecular flexibility index (Phi) is 5.57. The summed E-state index contributed by atoms with van der Waals surface area (Å²) in [4.78, 5) is 13.8. The molecular formula is C16H26N2O2. The summed E-state index contributed by atoms with van der Waals surface area (Å²) in [7, 11) is 1.76. The lowest BCUT2D eigenvalue weighted by Crippen LogP contribution is -2.49. The van der Waals surface area contributed by atoms with Crippen molar-refractivity contribution in [2.75, 3.05) is 20.2 Å². The van der Waals surface area contributed by atoms with Gasteiger partial charge in [-0.3, -0.25) is 4.79 Å². The highest BCUT2D eigenvalue weighted by Gasteiger charge is 2.29. The molecule has 0 bridgehead atoms. The van der Waals surface area contributed by atoms with Crippen LogP contribution in [0.2, 0.25) is 0 Å². The van der Waals surface area contributed by atoms with E-state index in [1.807, 2.05) is 52.0 Å². The number of ether oxygens (including phenoxy) is 1. The zero-order chi connectivity index (χ0) is 15.3. The number of hydrogen-bond donors (Lipinski definition) is 1. The first-order valence-corrected chi connectivity index (χ1v) is 6.92. The Morgan fingerprint density at radius 2 is 1.85 bits per heavy atom. The van der Waals surface area contributed by atoms with Crippen molar-refractivity contribution in [3.05, 3.63) is 29.8 Å². The molecule has 20 heavy (non-hydrogen) atoms. The van der Waals surface area contributed by atoms with Crippen molar-refractivity contribution in [3.63, 3.8) is 0 Å². The van der Waals surface area contributed by atoms with Gasteiger partial charge in [-0.15, -0.1) is 0 Å². The minimum Gasteiger partial charge on any atom is -0.492 e. The summed E-state index contributed by atoms with van der Waals surface area (Å²) < 4.78 is 5.61. The number of rotatable bonds is 5. The first-order chi connectivity index (χ1) is 9.21. The third kappa shape index (κ3) is 4.85. The molecule has 0 aromatic heterocycles. The first-order valence-electron chi connectivity index (χ1n) is 6.92. The molecule has 4 heteroatoms. The normalized spacial score (nSPS) is 12.9. The van der Waals surface area contributed by atoms with Gasteiger partial charge in [-0.25, -0.2) is 0 Å². The van der Waals surface area contributed by atoms with E-state index in [4.69, 9.17) is 10.5 Å². The van der Waals surface area contributed by atoms with Gasteiger partial charge >= 0.3 is 0 Å². The standard InChI is InChI=1S/C16H26N2O2/c1-12-6-8-13(9-7-12)20-11-10-18(5)15(19)14(17)16(2,3)4/h6-9,14H,10-11,17H2,1-5H3. The Balaban J connectivity index is 2.41. The number of hydrogen-bond acceptors (Lipinski definition) is 3. The fourth-order valence-electron chi connectivity index (χ4n) is 1.65. The Labute approximate surface area is 121 Å². The van der Waals surface area contributed by atoms with Crippen molar-refractivity contribution < 1.29 is 9.53 Å². The van der Waals surface area contributed by atoms with Crippen LogP contribution in [0.5, 0.6) is 5.75 Å². The second-order valence-corrected chi connectivity index (χ2v) is 6.27. The summed E-state index contributed by atoms with van der Waals surface area (Å²) in [6.45, 7) is 8.91. The minimum atomic E-state index is -0.494. The molecule has 112 valence electrons. The number of likely N-dealkylation sites (N-methyl/N-ethyl adjacent to an activating group) is 1. The maximum Gasteiger partial charge on any atom is 0.239 e. The van der Waals surface area contributed by atoms with Gasteiger partial charge in [0.2, 0.25) is 5.91 Å². The monoisotopic (exact) mass is 278 g/mol. The van der Waals surface area contributed by atoms with E-state index in [0.717, 1.165) is 5.75 Å². The van der Waals surface area contributed by atoms with Crippen LogP contribution in [0.25, 0.3) is 0 Å². The second kappa shape index (κ2) is 6.75. The molecule has 0 saturated heterocycles. The molecule has 0 fully saturated rings. The van der Waals surface area contributed by atoms with Crippen molar-refractivity contribution in [2.24, 2.45) is 11.1 Å². The zero-order valence-corrected chi connectivity index (χ0v) is 13.1. The molecular weight excluding hydrogens is 252 g/mol. The highest BCUT2D eigenvalue weighted by Crippen LogP contribution is 2.18. The van der Waals surface area contributed by atoms with Crippen LogP contribution in [-0.2, 0) is 4.79 Å². The Hall–Kier alpha value is -1.55. The van der Waals surface area contributed by atoms with E-state index in [0.29, 0.717) is 13.2 Å². The van der Waals surface area contributed by atoms with Gasteiger partial charge in [0.15, 0.2) is 0 Å². The molecule has 1 unspecified atom stereocenters. The van der Waals surface area contributed by atoms with Crippen molar-refractivity contribution in [1.82, 2.24) is 4.90 Å². The lowest BCUT2D eigenvalue weighted by Gasteiger charge is -2.29. The average Bonchev–Trinajstić information content (AvgIpc) is 2.38. The van der Waals surface area contributed by atoms with Gasteiger partial charge in [0, 0.05) is 7.05 Å². The summed E-state index contributed by atoms with van der Waals surface area (Å²) in [5.41, 5.74) is 6.92. The number of benzene rings is 1. The lowest BCUT2D eigenvalue weighted by molar-refractivity contribution is -0.133. The van der Waals surface area contributed by atoms with Gasteiger partial charge in [-0.2, -0.15) is 0 Å². The summed E-state index contributed by atoms with van der Waals surface area (Å²) >= 11 is 0. The number of nitrogens with two attached hydrogens (primary N) is 1. The van der Waals surface area contributed by atoms with E-state index in [1.165, 1.54) is 5.56 Å². The molecule has 0 aliphatic heterocycles. The maximum atomic E-state index is 12.1. The largest absolute Gasteiger partial charge is 0.492 e. The third-order valence-corrected chi connectivity index (χ3v) is 3.29. The zero-order valence-electron chi connectivity index (χ0n) is 13.1. The molecule has 1 atom stereocenters. The minimum absolute atomic E-state index is 0.0509. The molecule has 0 aliphatic rings. The highest BCUT2D eigenvalue weighted by molar-refractivity contribution is 5.82. The average molecular weight is 278 g/mol. The van der Waals surface area contributed by atoms with E-state index in [1.54, 1.807) is 11.9 Å². The topological polar surface area (TPSA) is 55.6 Å². The van der Waals surface area contributed by atoms with Crippen molar-refractivity contribution in [1.29, 1.82) is 0 Å². The number of carbonyl (C=O) groups is 1. The van der Waals surface area contributed by atoms with Gasteiger partial charge in [0.05, 0.1) is 12.6 Å². The molecule has 4 nitrogen and oxygen atoms in total. The van der Waals surface area contributed by atoms with Gasteiger partial charge in [0.25, 0.3) is 0 Å². The van der Waals surface area contributed by atoms with Crippen LogP contribution in [-0.4, -0.2) is 37.0 Å². The SMILES string of the molecule is Cc1ccc(OCCN(C)C(=O)C(N)C(C)(C)C)cc1. The fourth-order valence-corrected chi connectivity index (χ4v) is 1.65. The predicted molar refractivity (Wildman–Crippen MR) is 81.7 cm³/mol. The molecule has 0 radical (unpaired) electrons. The predicted octanol–water partition coefficient (Wildman–Crippen LogP) is 2.21. The van der Waals surface area contributed by atoms with Crippen molar-refractivity contribution in [3.8, 4) is 5.75 Å². The summed E-state index contributed by atoms with van der Waals surface area (Å²) in [6.07, 6.45) is 0. The molecule has 0 aliphatic carbocycles. The van der Waals surface area contributed by atoms with Crippen LogP contribution in [0, 0.1) is 12.3 Å². The summed E-state index contributed by atoms with van der Waals surface area (Å²) in [6, 6.07) is 7.36. The van der Waals surface area contributed by atoms with E-state index in [9.17, 15) is 4.79 Å². The van der Waals surface area contributed by atoms with Gasteiger partial charge in [-0.1, -0.05) is 38.5 Å². The van der Waals surface area contributed by atoms with E-state index < -0.39 is 6.04 Å². The van der Waals surface area contributed by atoms with Crippen LogP contribution in [0.1, 0.15) is 26.3 Å². The van der Waals surface area contributed by atoms with Crippen LogP contribution in [0.4, 0.5) is 0 Å². The van der Waals surface area contributed by atoms with Crippen LogP contribution < -0.4 is 10.5 Å². The quantitative estimate of drug-likeness (QED) is 0.898. The number of nitrogens with zero attached hydrogens (tertiary/aromatic N) is 1. The van der Waals surface area contributed by atoms with Crippen molar-refractivity contribution in [2.45, 2.75) is 33.7 Å². The van der Waals surface area contributed by atoms with Crippen LogP contribution >= 0.6 is 0 Å². The Bertz CT molecular complexity index is 435. The Morgan fingerprint density at radius 1 is 1.30 bits per heavy atom. The molecule has 1 amide bonds. The van der Waals surface area contributed by atoms with Crippen LogP contribution in [0.3, 0.4) is 0 Å². The fraction of sp³-hybridized carbons (Fsp3) is 0.562. The molecule has 0 saturated carbocycles. The molecule has 0 heterocycles. The Morgan fingerprint density at radius 3 is 2.35 bits per heavy atom. The van der Waals surface area contributed by atoms with E-state index in [-0.39, 0.29) is 11.3 Å². The van der Waals surface area contributed by atoms with E-state index >= 15 is 0 Å². The second-order valence-electron chi connectivity index (χ2n) is 6.27. The molecule has 1 aromatic carbocycles. The lowest BCUT2D eigenvalue weighted by atomic mass is 9.86. The van der Waals surface area contributed by atoms with Gasteiger partial charge < -0.3 is 15.4 Å². The van der Waals surface area contributed by atoms with E-state index in [2.05, 4.69) is 0 Å². The van der Waals surface area contributed by atoms with Gasteiger partial charge in [-0.05, 0) is 24.5 Å². The maximum absolute atomic E-state index is 12.1. The third-order valence-electron chi connectivity index (χ3n) is 3.29. The number of aryl methyl sites for hydroxylation is 1. The number of carbonyl (C=O) groups excluding carboxylic acids is 1. The van der Waals surface area contributed by atoms with Gasteiger partial charge in [0.1, 0.15) is 12.4 Å². The highest BCUT2D eigenvalue weighted by atomic mass is 16.5. The summed E-state index contributed by atoms with van der Waals surface area (Å²) in [5, 5.41) is 0. The first kappa shape index (κ1) is 16.5. The smallest absolute Gasteiger partial charge is 0.239 e. The number of amides is 1. The van der Waals surface area contributed by atoms with Crippen LogP contribution in [0.15, 0.2) is 24.3 Å². The molecule has 2 N–H and O–H groups in total. The molecule has 1 aromatic rings. The molecule has 0 spiro atoms. The van der Waals surface area contributed by atoms with Crippen molar-refractivity contribution >= 4 is 5.91 Å².